The molecule has 0 aliphatic heterocycles. The van der Waals surface area contributed by atoms with Crippen molar-refractivity contribution in [3.05, 3.63) is 0 Å². The lowest BCUT2D eigenvalue weighted by molar-refractivity contribution is -0.124. The van der Waals surface area contributed by atoms with Crippen molar-refractivity contribution < 1.29 is 4.79 Å². The van der Waals surface area contributed by atoms with Gasteiger partial charge in [0.2, 0.25) is 5.91 Å². The minimum absolute atomic E-state index is 0. The quantitative estimate of drug-likeness (QED) is 0.742. The highest BCUT2D eigenvalue weighted by molar-refractivity contribution is 5.85. The van der Waals surface area contributed by atoms with Crippen LogP contribution < -0.4 is 11.1 Å². The molecule has 0 aromatic rings. The molecular formula is C11H25ClN2O. The zero-order valence-electron chi connectivity index (χ0n) is 10.2. The molecule has 0 bridgehead atoms. The van der Waals surface area contributed by atoms with Gasteiger partial charge in [0.05, 0.1) is 6.04 Å². The molecule has 3 nitrogen and oxygen atoms in total. The molecule has 0 fully saturated rings. The SMILES string of the molecule is CCC(CC)NC(=O)C(N)C(C)CC.Cl. The highest BCUT2D eigenvalue weighted by Gasteiger charge is 2.20. The van der Waals surface area contributed by atoms with Gasteiger partial charge >= 0.3 is 0 Å². The second-order valence-corrected chi connectivity index (χ2v) is 3.93. The Morgan fingerprint density at radius 1 is 1.20 bits per heavy atom. The fraction of sp³-hybridized carbons (Fsp3) is 0.909. The maximum absolute atomic E-state index is 11.6. The van der Waals surface area contributed by atoms with Crippen molar-refractivity contribution in [3.63, 3.8) is 0 Å². The van der Waals surface area contributed by atoms with Gasteiger partial charge in [-0.05, 0) is 18.8 Å². The molecule has 0 aliphatic rings. The molecule has 0 heterocycles. The van der Waals surface area contributed by atoms with Gasteiger partial charge in [-0.15, -0.1) is 12.4 Å². The van der Waals surface area contributed by atoms with Crippen LogP contribution in [-0.4, -0.2) is 18.0 Å². The third kappa shape index (κ3) is 6.00. The molecule has 15 heavy (non-hydrogen) atoms. The minimum Gasteiger partial charge on any atom is -0.352 e. The summed E-state index contributed by atoms with van der Waals surface area (Å²) in [4.78, 5) is 11.6. The normalized spacial score (nSPS) is 14.3. The van der Waals surface area contributed by atoms with Gasteiger partial charge in [-0.1, -0.05) is 34.1 Å². The van der Waals surface area contributed by atoms with Crippen LogP contribution in [0.4, 0.5) is 0 Å². The van der Waals surface area contributed by atoms with E-state index in [0.29, 0.717) is 0 Å². The summed E-state index contributed by atoms with van der Waals surface area (Å²) in [7, 11) is 0. The molecule has 3 N–H and O–H groups in total. The van der Waals surface area contributed by atoms with E-state index in [1.165, 1.54) is 0 Å². The van der Waals surface area contributed by atoms with Crippen LogP contribution in [0.2, 0.25) is 0 Å². The standard InChI is InChI=1S/C11H24N2O.ClH/c1-5-8(4)10(12)11(14)13-9(6-2)7-3;/h8-10H,5-7,12H2,1-4H3,(H,13,14);1H. The summed E-state index contributed by atoms with van der Waals surface area (Å²) in [6, 6.07) is -0.0850. The minimum atomic E-state index is -0.361. The number of nitrogens with two attached hydrogens (primary N) is 1. The zero-order chi connectivity index (χ0) is 11.1. The van der Waals surface area contributed by atoms with E-state index in [9.17, 15) is 4.79 Å². The van der Waals surface area contributed by atoms with Gasteiger partial charge < -0.3 is 11.1 Å². The van der Waals surface area contributed by atoms with Crippen LogP contribution in [0.1, 0.15) is 47.0 Å². The Morgan fingerprint density at radius 2 is 1.67 bits per heavy atom. The highest BCUT2D eigenvalue weighted by atomic mass is 35.5. The number of nitrogens with one attached hydrogen (secondary N) is 1. The molecule has 1 amide bonds. The first kappa shape index (κ1) is 17.1. The Balaban J connectivity index is 0. The van der Waals surface area contributed by atoms with E-state index < -0.39 is 0 Å². The first-order valence-electron chi connectivity index (χ1n) is 5.62. The lowest BCUT2D eigenvalue weighted by Gasteiger charge is -2.21. The van der Waals surface area contributed by atoms with Gasteiger partial charge in [0, 0.05) is 6.04 Å². The van der Waals surface area contributed by atoms with E-state index in [-0.39, 0.29) is 36.3 Å². The van der Waals surface area contributed by atoms with E-state index in [1.807, 2.05) is 6.92 Å². The van der Waals surface area contributed by atoms with Gasteiger partial charge in [0.1, 0.15) is 0 Å². The maximum Gasteiger partial charge on any atom is 0.237 e. The molecule has 0 saturated heterocycles. The van der Waals surface area contributed by atoms with Gasteiger partial charge in [0.25, 0.3) is 0 Å². The number of halogens is 1. The fourth-order valence-corrected chi connectivity index (χ4v) is 1.30. The molecular weight excluding hydrogens is 212 g/mol. The summed E-state index contributed by atoms with van der Waals surface area (Å²) in [5.41, 5.74) is 5.82. The molecule has 0 aromatic heterocycles. The third-order valence-electron chi connectivity index (χ3n) is 2.89. The first-order valence-corrected chi connectivity index (χ1v) is 5.62. The van der Waals surface area contributed by atoms with Crippen LogP contribution in [0.15, 0.2) is 0 Å². The predicted molar refractivity (Wildman–Crippen MR) is 67.2 cm³/mol. The Kier molecular flexibility index (Phi) is 10.3. The zero-order valence-corrected chi connectivity index (χ0v) is 11.1. The topological polar surface area (TPSA) is 55.1 Å². The maximum atomic E-state index is 11.6. The van der Waals surface area contributed by atoms with E-state index in [1.54, 1.807) is 0 Å². The average Bonchev–Trinajstić information content (AvgIpc) is 2.23. The van der Waals surface area contributed by atoms with Crippen molar-refractivity contribution in [3.8, 4) is 0 Å². The third-order valence-corrected chi connectivity index (χ3v) is 2.89. The number of hydrogen-bond acceptors (Lipinski definition) is 2. The lowest BCUT2D eigenvalue weighted by Crippen LogP contribution is -2.48. The summed E-state index contributed by atoms with van der Waals surface area (Å²) in [5, 5.41) is 2.97. The van der Waals surface area contributed by atoms with Crippen molar-refractivity contribution in [1.29, 1.82) is 0 Å². The first-order chi connectivity index (χ1) is 6.56. The van der Waals surface area contributed by atoms with Crippen molar-refractivity contribution in [2.24, 2.45) is 11.7 Å². The second kappa shape index (κ2) is 8.98. The molecule has 0 rings (SSSR count). The number of carbonyl (C=O) groups excluding carboxylic acids is 1. The molecule has 0 aliphatic carbocycles. The number of rotatable bonds is 6. The van der Waals surface area contributed by atoms with Crippen LogP contribution in [0.25, 0.3) is 0 Å². The lowest BCUT2D eigenvalue weighted by atomic mass is 9.99. The van der Waals surface area contributed by atoms with Crippen LogP contribution in [0.3, 0.4) is 0 Å². The largest absolute Gasteiger partial charge is 0.352 e. The Hall–Kier alpha value is -0.280. The molecule has 0 aromatic carbocycles. The van der Waals surface area contributed by atoms with Crippen LogP contribution >= 0.6 is 12.4 Å². The predicted octanol–water partition coefficient (Wildman–Crippen LogP) is 2.09. The van der Waals surface area contributed by atoms with E-state index in [4.69, 9.17) is 5.73 Å². The summed E-state index contributed by atoms with van der Waals surface area (Å²) < 4.78 is 0. The van der Waals surface area contributed by atoms with Crippen molar-refractivity contribution in [2.45, 2.75) is 59.0 Å². The van der Waals surface area contributed by atoms with Gasteiger partial charge in [0.15, 0.2) is 0 Å². The van der Waals surface area contributed by atoms with Crippen molar-refractivity contribution in [2.75, 3.05) is 0 Å². The second-order valence-electron chi connectivity index (χ2n) is 3.93. The Labute approximate surface area is 99.6 Å². The van der Waals surface area contributed by atoms with Crippen LogP contribution in [0, 0.1) is 5.92 Å². The fourth-order valence-electron chi connectivity index (χ4n) is 1.30. The molecule has 2 unspecified atom stereocenters. The van der Waals surface area contributed by atoms with E-state index >= 15 is 0 Å². The molecule has 4 heteroatoms. The monoisotopic (exact) mass is 236 g/mol. The number of amides is 1. The van der Waals surface area contributed by atoms with Gasteiger partial charge in [-0.2, -0.15) is 0 Å². The van der Waals surface area contributed by atoms with Crippen LogP contribution in [-0.2, 0) is 4.79 Å². The molecule has 0 radical (unpaired) electrons. The number of carbonyl (C=O) groups is 1. The van der Waals surface area contributed by atoms with Gasteiger partial charge in [-0.3, -0.25) is 4.79 Å². The number of hydrogen-bond donors (Lipinski definition) is 2. The highest BCUT2D eigenvalue weighted by Crippen LogP contribution is 2.06. The van der Waals surface area contributed by atoms with Crippen LogP contribution in [0.5, 0.6) is 0 Å². The summed E-state index contributed by atoms with van der Waals surface area (Å²) in [5.74, 6) is 0.248. The average molecular weight is 237 g/mol. The summed E-state index contributed by atoms with van der Waals surface area (Å²) in [6.07, 6.45) is 2.88. The smallest absolute Gasteiger partial charge is 0.237 e. The van der Waals surface area contributed by atoms with Crippen molar-refractivity contribution >= 4 is 18.3 Å². The van der Waals surface area contributed by atoms with Gasteiger partial charge in [-0.25, -0.2) is 0 Å². The summed E-state index contributed by atoms with van der Waals surface area (Å²) >= 11 is 0. The van der Waals surface area contributed by atoms with Crippen molar-refractivity contribution in [1.82, 2.24) is 5.32 Å². The molecule has 0 spiro atoms. The molecule has 2 atom stereocenters. The molecule has 92 valence electrons. The summed E-state index contributed by atoms with van der Waals surface area (Å²) in [6.45, 7) is 8.21. The van der Waals surface area contributed by atoms with E-state index in [2.05, 4.69) is 26.1 Å². The Bertz CT molecular complexity index is 172. The van der Waals surface area contributed by atoms with E-state index in [0.717, 1.165) is 19.3 Å². The Morgan fingerprint density at radius 3 is 2.00 bits per heavy atom. The molecule has 0 saturated carbocycles.